The number of methoxy groups -OCH3 is 1. The molecule has 0 atom stereocenters. The van der Waals surface area contributed by atoms with Gasteiger partial charge in [-0.3, -0.25) is 19.4 Å². The number of hydrogen-bond donors (Lipinski definition) is 1. The van der Waals surface area contributed by atoms with E-state index in [1.54, 1.807) is 12.3 Å². The second kappa shape index (κ2) is 9.70. The van der Waals surface area contributed by atoms with Crippen molar-refractivity contribution in [2.24, 2.45) is 0 Å². The van der Waals surface area contributed by atoms with Crippen LogP contribution in [0.3, 0.4) is 0 Å². The summed E-state index contributed by atoms with van der Waals surface area (Å²) in [4.78, 5) is 40.9. The molecule has 2 aromatic heterocycles. The lowest BCUT2D eigenvalue weighted by Crippen LogP contribution is -2.24. The molecule has 7 nitrogen and oxygen atoms in total. The van der Waals surface area contributed by atoms with Crippen LogP contribution in [-0.4, -0.2) is 28.5 Å². The molecular formula is C27H25N3O4. The van der Waals surface area contributed by atoms with E-state index in [0.29, 0.717) is 17.2 Å². The normalized spacial score (nSPS) is 10.9. The number of nitrogens with zero attached hydrogens (tertiary/aromatic N) is 2. The van der Waals surface area contributed by atoms with E-state index in [-0.39, 0.29) is 18.0 Å². The number of aromatic nitrogens is 2. The van der Waals surface area contributed by atoms with Gasteiger partial charge in [0.15, 0.2) is 0 Å². The van der Waals surface area contributed by atoms with E-state index < -0.39 is 5.97 Å². The number of esters is 1. The van der Waals surface area contributed by atoms with E-state index in [9.17, 15) is 14.4 Å². The molecule has 0 saturated carbocycles. The second-order valence-corrected chi connectivity index (χ2v) is 8.32. The maximum Gasteiger partial charge on any atom is 0.325 e. The first-order valence-corrected chi connectivity index (χ1v) is 10.9. The topological polar surface area (TPSA) is 90.3 Å². The molecule has 4 aromatic rings. The van der Waals surface area contributed by atoms with Crippen LogP contribution in [0.2, 0.25) is 0 Å². The van der Waals surface area contributed by atoms with Crippen molar-refractivity contribution in [2.75, 3.05) is 12.4 Å². The predicted molar refractivity (Wildman–Crippen MR) is 132 cm³/mol. The van der Waals surface area contributed by atoms with Crippen LogP contribution >= 0.6 is 0 Å². The van der Waals surface area contributed by atoms with E-state index in [0.717, 1.165) is 21.9 Å². The minimum atomic E-state index is -0.553. The van der Waals surface area contributed by atoms with Gasteiger partial charge in [0.25, 0.3) is 11.5 Å². The Balaban J connectivity index is 1.62. The number of carbonyl (C=O) groups is 2. The van der Waals surface area contributed by atoms with Gasteiger partial charge in [0, 0.05) is 41.2 Å². The summed E-state index contributed by atoms with van der Waals surface area (Å²) in [7, 11) is 1.25. The Bertz CT molecular complexity index is 1440. The van der Waals surface area contributed by atoms with Gasteiger partial charge in [-0.2, -0.15) is 0 Å². The molecule has 2 heterocycles. The maximum absolute atomic E-state index is 12.9. The largest absolute Gasteiger partial charge is 0.468 e. The molecular weight excluding hydrogens is 430 g/mol. The summed E-state index contributed by atoms with van der Waals surface area (Å²) >= 11 is 0. The fourth-order valence-corrected chi connectivity index (χ4v) is 3.75. The van der Waals surface area contributed by atoms with Crippen LogP contribution in [0.15, 0.2) is 78.0 Å². The van der Waals surface area contributed by atoms with E-state index in [1.807, 2.05) is 24.4 Å². The number of rotatable bonds is 6. The van der Waals surface area contributed by atoms with Crippen LogP contribution in [0, 0.1) is 0 Å². The summed E-state index contributed by atoms with van der Waals surface area (Å²) < 4.78 is 5.80. The van der Waals surface area contributed by atoms with Gasteiger partial charge in [0.05, 0.1) is 12.8 Å². The van der Waals surface area contributed by atoms with Gasteiger partial charge in [-0.05, 0) is 46.7 Å². The van der Waals surface area contributed by atoms with Crippen molar-refractivity contribution in [3.05, 3.63) is 94.7 Å². The Morgan fingerprint density at radius 2 is 1.88 bits per heavy atom. The monoisotopic (exact) mass is 455 g/mol. The number of nitrogens with one attached hydrogen (secondary N) is 1. The van der Waals surface area contributed by atoms with E-state index >= 15 is 0 Å². The standard InChI is InChI=1S/C27H25N3O4/c1-17(2)18-7-9-23-21(11-18)13-28-14-24(23)19-5-4-6-20(12-19)27(33)29-22-8-10-25(31)30(15-22)16-26(32)34-3/h4-15,17H,16H2,1-3H3,(H,29,33). The predicted octanol–water partition coefficient (Wildman–Crippen LogP) is 4.61. The third-order valence-electron chi connectivity index (χ3n) is 5.65. The van der Waals surface area contributed by atoms with E-state index in [1.165, 1.54) is 35.6 Å². The molecule has 34 heavy (non-hydrogen) atoms. The van der Waals surface area contributed by atoms with Crippen molar-refractivity contribution in [1.82, 2.24) is 9.55 Å². The fraction of sp³-hybridized carbons (Fsp3) is 0.185. The van der Waals surface area contributed by atoms with E-state index in [2.05, 4.69) is 47.1 Å². The average Bonchev–Trinajstić information content (AvgIpc) is 2.85. The number of ether oxygens (including phenoxy) is 1. The molecule has 4 rings (SSSR count). The van der Waals surface area contributed by atoms with Crippen LogP contribution in [0.5, 0.6) is 0 Å². The molecule has 2 aromatic carbocycles. The van der Waals surface area contributed by atoms with Gasteiger partial charge in [-0.25, -0.2) is 0 Å². The van der Waals surface area contributed by atoms with Gasteiger partial charge in [0.2, 0.25) is 0 Å². The number of amides is 1. The summed E-state index contributed by atoms with van der Waals surface area (Å²) in [6, 6.07) is 16.5. The lowest BCUT2D eigenvalue weighted by atomic mass is 9.95. The van der Waals surface area contributed by atoms with Gasteiger partial charge in [0.1, 0.15) is 6.54 Å². The summed E-state index contributed by atoms with van der Waals surface area (Å²) in [5.74, 6) is -0.468. The summed E-state index contributed by atoms with van der Waals surface area (Å²) in [6.07, 6.45) is 5.07. The Kier molecular flexibility index (Phi) is 6.54. The van der Waals surface area contributed by atoms with Crippen LogP contribution < -0.4 is 10.9 Å². The molecule has 0 aliphatic rings. The summed E-state index contributed by atoms with van der Waals surface area (Å²) in [5.41, 5.74) is 3.54. The minimum absolute atomic E-state index is 0.235. The first-order valence-electron chi connectivity index (χ1n) is 10.9. The van der Waals surface area contributed by atoms with Crippen molar-refractivity contribution in [1.29, 1.82) is 0 Å². The molecule has 0 unspecified atom stereocenters. The van der Waals surface area contributed by atoms with Gasteiger partial charge in [-0.1, -0.05) is 38.1 Å². The number of hydrogen-bond acceptors (Lipinski definition) is 5. The highest BCUT2D eigenvalue weighted by Crippen LogP contribution is 2.30. The SMILES string of the molecule is COC(=O)Cn1cc(NC(=O)c2cccc(-c3cncc4cc(C(C)C)ccc34)c2)ccc1=O. The smallest absolute Gasteiger partial charge is 0.325 e. The highest BCUT2D eigenvalue weighted by Gasteiger charge is 2.12. The first kappa shape index (κ1) is 22.9. The molecule has 0 aliphatic heterocycles. The van der Waals surface area contributed by atoms with Gasteiger partial charge < -0.3 is 14.6 Å². The number of benzene rings is 2. The molecule has 0 spiro atoms. The average molecular weight is 456 g/mol. The zero-order valence-electron chi connectivity index (χ0n) is 19.2. The van der Waals surface area contributed by atoms with Gasteiger partial charge >= 0.3 is 5.97 Å². The highest BCUT2D eigenvalue weighted by molar-refractivity contribution is 6.05. The summed E-state index contributed by atoms with van der Waals surface area (Å²) in [5, 5.41) is 4.90. The molecule has 7 heteroatoms. The number of carbonyl (C=O) groups excluding carboxylic acids is 2. The number of pyridine rings is 2. The van der Waals surface area contributed by atoms with Crippen LogP contribution in [-0.2, 0) is 16.1 Å². The molecule has 1 N–H and O–H groups in total. The lowest BCUT2D eigenvalue weighted by Gasteiger charge is -2.12. The molecule has 0 saturated heterocycles. The maximum atomic E-state index is 12.9. The van der Waals surface area contributed by atoms with Crippen molar-refractivity contribution >= 4 is 28.3 Å². The van der Waals surface area contributed by atoms with Crippen LogP contribution in [0.1, 0.15) is 35.7 Å². The molecule has 0 bridgehead atoms. The van der Waals surface area contributed by atoms with E-state index in [4.69, 9.17) is 0 Å². The van der Waals surface area contributed by atoms with Crippen molar-refractivity contribution < 1.29 is 14.3 Å². The zero-order chi connectivity index (χ0) is 24.2. The van der Waals surface area contributed by atoms with Crippen molar-refractivity contribution in [3.8, 4) is 11.1 Å². The molecule has 0 fully saturated rings. The number of anilines is 1. The Hall–Kier alpha value is -4.26. The van der Waals surface area contributed by atoms with Crippen LogP contribution in [0.4, 0.5) is 5.69 Å². The van der Waals surface area contributed by atoms with Crippen LogP contribution in [0.25, 0.3) is 21.9 Å². The Morgan fingerprint density at radius 1 is 1.06 bits per heavy atom. The van der Waals surface area contributed by atoms with Crippen molar-refractivity contribution in [2.45, 2.75) is 26.3 Å². The third kappa shape index (κ3) is 4.88. The summed E-state index contributed by atoms with van der Waals surface area (Å²) in [6.45, 7) is 4.07. The quantitative estimate of drug-likeness (QED) is 0.429. The molecule has 0 aliphatic carbocycles. The molecule has 172 valence electrons. The molecule has 0 radical (unpaired) electrons. The van der Waals surface area contributed by atoms with Gasteiger partial charge in [-0.15, -0.1) is 0 Å². The second-order valence-electron chi connectivity index (χ2n) is 8.32. The minimum Gasteiger partial charge on any atom is -0.468 e. The molecule has 1 amide bonds. The Labute approximate surface area is 197 Å². The fourth-order valence-electron chi connectivity index (χ4n) is 3.75. The lowest BCUT2D eigenvalue weighted by molar-refractivity contribution is -0.141. The number of fused-ring (bicyclic) bond motifs is 1. The first-order chi connectivity index (χ1) is 16.4. The third-order valence-corrected chi connectivity index (χ3v) is 5.65. The van der Waals surface area contributed by atoms with Crippen molar-refractivity contribution in [3.63, 3.8) is 0 Å². The Morgan fingerprint density at radius 3 is 2.65 bits per heavy atom. The highest BCUT2D eigenvalue weighted by atomic mass is 16.5. The zero-order valence-corrected chi connectivity index (χ0v) is 19.2.